The normalized spacial score (nSPS) is 20.7. The summed E-state index contributed by atoms with van der Waals surface area (Å²) in [7, 11) is 0. The van der Waals surface area contributed by atoms with Crippen molar-refractivity contribution >= 4 is 17.8 Å². The average Bonchev–Trinajstić information content (AvgIpc) is 2.57. The van der Waals surface area contributed by atoms with E-state index in [1.54, 1.807) is 17.0 Å². The highest BCUT2D eigenvalue weighted by molar-refractivity contribution is 5.96. The lowest BCUT2D eigenvalue weighted by atomic mass is 10.1. The van der Waals surface area contributed by atoms with Crippen LogP contribution in [0.15, 0.2) is 18.2 Å². The van der Waals surface area contributed by atoms with E-state index in [-0.39, 0.29) is 30.6 Å². The highest BCUT2D eigenvalue weighted by Gasteiger charge is 2.30. The minimum Gasteiger partial charge on any atom is -0.451 e. The summed E-state index contributed by atoms with van der Waals surface area (Å²) in [6.07, 6.45) is -1.02. The number of morpholine rings is 1. The Kier molecular flexibility index (Phi) is 6.96. The molecule has 27 heavy (non-hydrogen) atoms. The van der Waals surface area contributed by atoms with E-state index in [0.717, 1.165) is 11.1 Å². The largest absolute Gasteiger partial charge is 0.451 e. The Balaban J connectivity index is 1.84. The molecule has 1 aliphatic rings. The van der Waals surface area contributed by atoms with Crippen molar-refractivity contribution in [3.63, 3.8) is 0 Å². The van der Waals surface area contributed by atoms with Gasteiger partial charge < -0.3 is 19.7 Å². The molecule has 1 aliphatic heterocycles. The molecule has 1 saturated heterocycles. The topological polar surface area (TPSA) is 84.9 Å². The van der Waals surface area contributed by atoms with Crippen LogP contribution in [0.25, 0.3) is 0 Å². The molecule has 1 fully saturated rings. The lowest BCUT2D eigenvalue weighted by Crippen LogP contribution is -2.51. The van der Waals surface area contributed by atoms with Crippen LogP contribution >= 0.6 is 0 Å². The maximum atomic E-state index is 12.5. The van der Waals surface area contributed by atoms with E-state index >= 15 is 0 Å². The summed E-state index contributed by atoms with van der Waals surface area (Å²) in [4.78, 5) is 38.3. The molecule has 1 aromatic rings. The van der Waals surface area contributed by atoms with Gasteiger partial charge in [-0.25, -0.2) is 0 Å². The van der Waals surface area contributed by atoms with Crippen molar-refractivity contribution in [2.45, 2.75) is 52.9 Å². The Hall–Kier alpha value is -2.41. The van der Waals surface area contributed by atoms with Crippen molar-refractivity contribution in [3.05, 3.63) is 34.9 Å². The predicted molar refractivity (Wildman–Crippen MR) is 100 cm³/mol. The molecule has 0 bridgehead atoms. The Bertz CT molecular complexity index is 688. The van der Waals surface area contributed by atoms with Crippen LogP contribution in [0.3, 0.4) is 0 Å². The van der Waals surface area contributed by atoms with Gasteiger partial charge in [0.1, 0.15) is 6.54 Å². The van der Waals surface area contributed by atoms with Crippen LogP contribution in [-0.2, 0) is 19.1 Å². The Morgan fingerprint density at radius 3 is 2.26 bits per heavy atom. The standard InChI is InChI=1S/C20H28N2O5/c1-12-6-13(2)8-17(7-12)19(24)21-9-18(23)27-16(5)20(25)22-10-14(3)26-15(4)11-22/h6-8,14-16H,9-11H2,1-5H3,(H,21,24). The lowest BCUT2D eigenvalue weighted by molar-refractivity contribution is -0.163. The monoisotopic (exact) mass is 376 g/mol. The molecule has 2 amide bonds. The van der Waals surface area contributed by atoms with E-state index in [0.29, 0.717) is 18.7 Å². The van der Waals surface area contributed by atoms with E-state index < -0.39 is 12.1 Å². The summed E-state index contributed by atoms with van der Waals surface area (Å²) in [5.41, 5.74) is 2.42. The molecule has 0 saturated carbocycles. The number of carbonyl (C=O) groups excluding carboxylic acids is 3. The van der Waals surface area contributed by atoms with E-state index in [1.165, 1.54) is 6.92 Å². The number of carbonyl (C=O) groups is 3. The third-order valence-electron chi connectivity index (χ3n) is 4.26. The number of ether oxygens (including phenoxy) is 2. The molecule has 2 rings (SSSR count). The molecule has 3 atom stereocenters. The molecule has 148 valence electrons. The van der Waals surface area contributed by atoms with Gasteiger partial charge in [0.25, 0.3) is 11.8 Å². The van der Waals surface area contributed by atoms with Crippen molar-refractivity contribution < 1.29 is 23.9 Å². The summed E-state index contributed by atoms with van der Waals surface area (Å²) in [6.45, 7) is 9.78. The molecule has 0 radical (unpaired) electrons. The van der Waals surface area contributed by atoms with Crippen molar-refractivity contribution in [1.82, 2.24) is 10.2 Å². The highest BCUT2D eigenvalue weighted by atomic mass is 16.5. The zero-order chi connectivity index (χ0) is 20.1. The molecule has 1 heterocycles. The maximum Gasteiger partial charge on any atom is 0.326 e. The first-order chi connectivity index (χ1) is 12.7. The van der Waals surface area contributed by atoms with Gasteiger partial charge in [0.15, 0.2) is 6.10 Å². The molecular formula is C20H28N2O5. The second-order valence-corrected chi connectivity index (χ2v) is 7.19. The number of esters is 1. The highest BCUT2D eigenvalue weighted by Crippen LogP contribution is 2.13. The van der Waals surface area contributed by atoms with Crippen LogP contribution in [0.2, 0.25) is 0 Å². The predicted octanol–water partition coefficient (Wildman–Crippen LogP) is 1.60. The van der Waals surface area contributed by atoms with Gasteiger partial charge in [-0.15, -0.1) is 0 Å². The number of rotatable bonds is 5. The van der Waals surface area contributed by atoms with Crippen molar-refractivity contribution in [1.29, 1.82) is 0 Å². The summed E-state index contributed by atoms with van der Waals surface area (Å²) in [5.74, 6) is -1.26. The number of hydrogen-bond donors (Lipinski definition) is 1. The summed E-state index contributed by atoms with van der Waals surface area (Å²) in [5, 5.41) is 2.53. The molecule has 0 spiro atoms. The molecule has 7 nitrogen and oxygen atoms in total. The quantitative estimate of drug-likeness (QED) is 0.789. The molecule has 0 aromatic heterocycles. The third-order valence-corrected chi connectivity index (χ3v) is 4.26. The fourth-order valence-electron chi connectivity index (χ4n) is 3.26. The van der Waals surface area contributed by atoms with E-state index in [1.807, 2.05) is 33.8 Å². The molecule has 1 aromatic carbocycles. The fourth-order valence-corrected chi connectivity index (χ4v) is 3.26. The number of nitrogens with one attached hydrogen (secondary N) is 1. The summed E-state index contributed by atoms with van der Waals surface area (Å²) >= 11 is 0. The van der Waals surface area contributed by atoms with Gasteiger partial charge in [-0.2, -0.15) is 0 Å². The first-order valence-electron chi connectivity index (χ1n) is 9.16. The molecule has 1 N–H and O–H groups in total. The molecular weight excluding hydrogens is 348 g/mol. The van der Waals surface area contributed by atoms with E-state index in [9.17, 15) is 14.4 Å². The van der Waals surface area contributed by atoms with Gasteiger partial charge in [-0.3, -0.25) is 14.4 Å². The van der Waals surface area contributed by atoms with Crippen LogP contribution in [0.4, 0.5) is 0 Å². The molecule has 3 unspecified atom stereocenters. The third kappa shape index (κ3) is 6.06. The van der Waals surface area contributed by atoms with Gasteiger partial charge >= 0.3 is 5.97 Å². The number of benzene rings is 1. The van der Waals surface area contributed by atoms with Gasteiger partial charge in [0, 0.05) is 18.7 Å². The number of nitrogens with zero attached hydrogens (tertiary/aromatic N) is 1. The average molecular weight is 376 g/mol. The Labute approximate surface area is 160 Å². The van der Waals surface area contributed by atoms with Crippen LogP contribution < -0.4 is 5.32 Å². The zero-order valence-electron chi connectivity index (χ0n) is 16.6. The van der Waals surface area contributed by atoms with Gasteiger partial charge in [0.2, 0.25) is 0 Å². The van der Waals surface area contributed by atoms with Gasteiger partial charge in [0.05, 0.1) is 12.2 Å². The number of aryl methyl sites for hydroxylation is 2. The Morgan fingerprint density at radius 2 is 1.70 bits per heavy atom. The summed E-state index contributed by atoms with van der Waals surface area (Å²) in [6, 6.07) is 5.47. The lowest BCUT2D eigenvalue weighted by Gasteiger charge is -2.36. The van der Waals surface area contributed by atoms with Crippen LogP contribution in [0.1, 0.15) is 42.3 Å². The minimum atomic E-state index is -0.909. The van der Waals surface area contributed by atoms with Crippen molar-refractivity contribution in [2.24, 2.45) is 0 Å². The molecule has 7 heteroatoms. The van der Waals surface area contributed by atoms with Crippen molar-refractivity contribution in [3.8, 4) is 0 Å². The smallest absolute Gasteiger partial charge is 0.326 e. The van der Waals surface area contributed by atoms with Crippen LogP contribution in [-0.4, -0.2) is 60.6 Å². The van der Waals surface area contributed by atoms with Crippen LogP contribution in [0, 0.1) is 13.8 Å². The summed E-state index contributed by atoms with van der Waals surface area (Å²) < 4.78 is 10.8. The first-order valence-corrected chi connectivity index (χ1v) is 9.16. The van der Waals surface area contributed by atoms with E-state index in [2.05, 4.69) is 5.32 Å². The molecule has 0 aliphatic carbocycles. The second kappa shape index (κ2) is 8.99. The first kappa shape index (κ1) is 20.9. The van der Waals surface area contributed by atoms with Crippen molar-refractivity contribution in [2.75, 3.05) is 19.6 Å². The zero-order valence-corrected chi connectivity index (χ0v) is 16.6. The fraction of sp³-hybridized carbons (Fsp3) is 0.550. The minimum absolute atomic E-state index is 0.0577. The number of hydrogen-bond acceptors (Lipinski definition) is 5. The van der Waals surface area contributed by atoms with Crippen LogP contribution in [0.5, 0.6) is 0 Å². The van der Waals surface area contributed by atoms with E-state index in [4.69, 9.17) is 9.47 Å². The number of amides is 2. The van der Waals surface area contributed by atoms with Gasteiger partial charge in [-0.05, 0) is 46.8 Å². The van der Waals surface area contributed by atoms with Gasteiger partial charge in [-0.1, -0.05) is 17.2 Å². The Morgan fingerprint density at radius 1 is 1.15 bits per heavy atom. The maximum absolute atomic E-state index is 12.5. The second-order valence-electron chi connectivity index (χ2n) is 7.19. The SMILES string of the molecule is Cc1cc(C)cc(C(=O)NCC(=O)OC(C)C(=O)N2CC(C)OC(C)C2)c1.